The summed E-state index contributed by atoms with van der Waals surface area (Å²) in [5.74, 6) is 2.69. The molecule has 0 saturated carbocycles. The topological polar surface area (TPSA) is 141 Å². The van der Waals surface area contributed by atoms with Gasteiger partial charge in [-0.2, -0.15) is 5.10 Å². The van der Waals surface area contributed by atoms with Crippen molar-refractivity contribution in [2.45, 2.75) is 57.3 Å². The highest BCUT2D eigenvalue weighted by molar-refractivity contribution is 6.02. The maximum atomic E-state index is 13.2. The van der Waals surface area contributed by atoms with Crippen LogP contribution < -0.4 is 20.7 Å². The number of piperidine rings is 2. The van der Waals surface area contributed by atoms with Crippen molar-refractivity contribution in [3.05, 3.63) is 90.3 Å². The van der Waals surface area contributed by atoms with Gasteiger partial charge in [-0.3, -0.25) is 14.5 Å². The third-order valence-electron chi connectivity index (χ3n) is 13.4. The number of anilines is 2. The lowest BCUT2D eigenvalue weighted by Gasteiger charge is -2.44. The second kappa shape index (κ2) is 16.5. The molecule has 4 saturated heterocycles. The fourth-order valence-electron chi connectivity index (χ4n) is 9.98. The molecule has 60 heavy (non-hydrogen) atoms. The molecule has 2 unspecified atom stereocenters. The van der Waals surface area contributed by atoms with Crippen LogP contribution in [-0.2, 0) is 11.3 Å². The summed E-state index contributed by atoms with van der Waals surface area (Å²) in [6, 6.07) is 24.1. The number of hydrogen-bond acceptors (Lipinski definition) is 11. The summed E-state index contributed by atoms with van der Waals surface area (Å²) in [5, 5.41) is 8.96. The van der Waals surface area contributed by atoms with Gasteiger partial charge in [-0.05, 0) is 98.7 Å². The van der Waals surface area contributed by atoms with Crippen LogP contribution in [-0.4, -0.2) is 135 Å². The highest BCUT2D eigenvalue weighted by atomic mass is 16.5. The number of hydrogen-bond donors (Lipinski definition) is 2. The van der Waals surface area contributed by atoms with E-state index in [9.17, 15) is 9.59 Å². The summed E-state index contributed by atoms with van der Waals surface area (Å²) in [5.41, 5.74) is 12.0. The number of ether oxygens (including phenoxy) is 1. The van der Waals surface area contributed by atoms with Crippen molar-refractivity contribution in [2.75, 3.05) is 82.6 Å². The second-order valence-electron chi connectivity index (χ2n) is 17.5. The molecule has 7 heterocycles. The highest BCUT2D eigenvalue weighted by Crippen LogP contribution is 2.36. The summed E-state index contributed by atoms with van der Waals surface area (Å²) >= 11 is 0. The molecule has 0 spiro atoms. The number of nitrogens with one attached hydrogen (secondary N) is 1. The molecular weight excluding hydrogens is 755 g/mol. The van der Waals surface area contributed by atoms with E-state index in [1.165, 1.54) is 18.8 Å². The van der Waals surface area contributed by atoms with Crippen LogP contribution in [0.15, 0.2) is 79.1 Å². The van der Waals surface area contributed by atoms with Crippen molar-refractivity contribution < 1.29 is 14.3 Å². The molecule has 312 valence electrons. The Morgan fingerprint density at radius 1 is 0.800 bits per heavy atom. The Bertz CT molecular complexity index is 2330. The fraction of sp³-hybridized carbons (Fsp3) is 0.457. The van der Waals surface area contributed by atoms with Crippen LogP contribution in [0.2, 0.25) is 0 Å². The van der Waals surface area contributed by atoms with E-state index in [1.807, 2.05) is 67.6 Å². The summed E-state index contributed by atoms with van der Waals surface area (Å²) < 4.78 is 8.11. The zero-order valence-corrected chi connectivity index (χ0v) is 34.5. The third-order valence-corrected chi connectivity index (χ3v) is 13.4. The molecule has 3 aromatic carbocycles. The number of para-hydroxylation sites is 1. The Morgan fingerprint density at radius 2 is 1.55 bits per heavy atom. The predicted octanol–water partition coefficient (Wildman–Crippen LogP) is 4.88. The lowest BCUT2D eigenvalue weighted by Crippen LogP contribution is -2.56. The Morgan fingerprint density at radius 3 is 2.32 bits per heavy atom. The van der Waals surface area contributed by atoms with Gasteiger partial charge in [0.15, 0.2) is 5.65 Å². The standard InChI is InChI=1S/C46H55N11O3/c1-31-7-14-40(45(58)50-31)56-29-34-25-36(10-13-39(34)46(56)59)55-23-21-53(22-24-55)26-32-27-54(28-32)20-19-52-17-15-35(16-18-52)57-44-41(43(47)48-30-49-44)42(51-57)33-8-11-38(12-9-33)60-37-5-3-2-4-6-37/h2-6,8-13,25,30-32,35,40H,7,14-24,26-29H2,1H3,(H,50,58)(H2,47,48,49). The number of nitrogens with zero attached hydrogens (tertiary/aromatic N) is 9. The maximum absolute atomic E-state index is 13.2. The zero-order chi connectivity index (χ0) is 40.7. The van der Waals surface area contributed by atoms with Crippen LogP contribution in [0, 0.1) is 5.92 Å². The second-order valence-corrected chi connectivity index (χ2v) is 17.5. The number of rotatable bonds is 11. The molecule has 5 aromatic rings. The normalized spacial score (nSPS) is 22.3. The van der Waals surface area contributed by atoms with Crippen LogP contribution in [0.3, 0.4) is 0 Å². The molecule has 0 bridgehead atoms. The van der Waals surface area contributed by atoms with E-state index in [2.05, 4.69) is 51.7 Å². The average Bonchev–Trinajstić information content (AvgIpc) is 3.81. The lowest BCUT2D eigenvalue weighted by molar-refractivity contribution is -0.128. The van der Waals surface area contributed by atoms with Gasteiger partial charge in [0.2, 0.25) is 5.91 Å². The molecule has 3 N–H and O–H groups in total. The molecule has 14 nitrogen and oxygen atoms in total. The van der Waals surface area contributed by atoms with E-state index in [4.69, 9.17) is 15.6 Å². The van der Waals surface area contributed by atoms with Gasteiger partial charge in [0.25, 0.3) is 5.91 Å². The average molecular weight is 810 g/mol. The molecule has 0 radical (unpaired) electrons. The molecule has 10 rings (SSSR count). The van der Waals surface area contributed by atoms with Crippen LogP contribution >= 0.6 is 0 Å². The molecule has 5 aliphatic rings. The number of carbonyl (C=O) groups excluding carboxylic acids is 2. The van der Waals surface area contributed by atoms with Crippen LogP contribution in [0.4, 0.5) is 11.5 Å². The first-order valence-electron chi connectivity index (χ1n) is 21.8. The molecule has 5 aliphatic heterocycles. The fourth-order valence-corrected chi connectivity index (χ4v) is 9.98. The number of nitrogens with two attached hydrogens (primary N) is 1. The van der Waals surface area contributed by atoms with E-state index >= 15 is 0 Å². The molecular formula is C46H55N11O3. The number of likely N-dealkylation sites (tertiary alicyclic amines) is 2. The number of amides is 2. The Hall–Kier alpha value is -5.57. The first-order valence-corrected chi connectivity index (χ1v) is 21.8. The Labute approximate surface area is 351 Å². The summed E-state index contributed by atoms with van der Waals surface area (Å²) in [7, 11) is 0. The molecule has 14 heteroatoms. The number of nitrogen functional groups attached to an aromatic ring is 1. The summed E-state index contributed by atoms with van der Waals surface area (Å²) in [6.07, 6.45) is 5.19. The van der Waals surface area contributed by atoms with E-state index < -0.39 is 0 Å². The van der Waals surface area contributed by atoms with E-state index in [0.717, 1.165) is 135 Å². The van der Waals surface area contributed by atoms with E-state index in [-0.39, 0.29) is 29.9 Å². The van der Waals surface area contributed by atoms with Gasteiger partial charge in [-0.1, -0.05) is 18.2 Å². The first kappa shape index (κ1) is 38.6. The summed E-state index contributed by atoms with van der Waals surface area (Å²) in [6.45, 7) is 14.4. The predicted molar refractivity (Wildman–Crippen MR) is 232 cm³/mol. The quantitative estimate of drug-likeness (QED) is 0.189. The minimum absolute atomic E-state index is 0.0137. The minimum atomic E-state index is -0.368. The first-order chi connectivity index (χ1) is 29.3. The molecule has 0 aliphatic carbocycles. The van der Waals surface area contributed by atoms with Gasteiger partial charge in [-0.15, -0.1) is 0 Å². The van der Waals surface area contributed by atoms with Gasteiger partial charge in [0.05, 0.1) is 11.4 Å². The number of piperazine rings is 1. The number of fused-ring (bicyclic) bond motifs is 2. The largest absolute Gasteiger partial charge is 0.457 e. The van der Waals surface area contributed by atoms with E-state index in [0.29, 0.717) is 12.4 Å². The van der Waals surface area contributed by atoms with Crippen molar-refractivity contribution in [2.24, 2.45) is 5.92 Å². The minimum Gasteiger partial charge on any atom is -0.457 e. The zero-order valence-electron chi connectivity index (χ0n) is 34.5. The van der Waals surface area contributed by atoms with Gasteiger partial charge in [-0.25, -0.2) is 14.6 Å². The van der Waals surface area contributed by atoms with Crippen molar-refractivity contribution >= 4 is 34.4 Å². The smallest absolute Gasteiger partial charge is 0.255 e. The van der Waals surface area contributed by atoms with Gasteiger partial charge in [0, 0.05) is 101 Å². The lowest BCUT2D eigenvalue weighted by atomic mass is 9.98. The number of benzene rings is 3. The molecule has 4 fully saturated rings. The van der Waals surface area contributed by atoms with Crippen molar-refractivity contribution in [3.8, 4) is 22.8 Å². The van der Waals surface area contributed by atoms with Gasteiger partial charge >= 0.3 is 0 Å². The number of aromatic nitrogens is 4. The molecule has 2 aromatic heterocycles. The molecule has 2 atom stereocenters. The van der Waals surface area contributed by atoms with Crippen molar-refractivity contribution in [1.29, 1.82) is 0 Å². The SMILES string of the molecule is CC1CCC(N2Cc3cc(N4CCN(CC5CN(CCN6CCC(n7nc(-c8ccc(Oc9ccccc9)cc8)c8c(N)ncnc87)CC6)C5)CC4)ccc3C2=O)C(=O)N1. The van der Waals surface area contributed by atoms with Crippen molar-refractivity contribution in [3.63, 3.8) is 0 Å². The van der Waals surface area contributed by atoms with Crippen molar-refractivity contribution in [1.82, 2.24) is 44.7 Å². The van der Waals surface area contributed by atoms with Crippen LogP contribution in [0.25, 0.3) is 22.3 Å². The monoisotopic (exact) mass is 809 g/mol. The highest BCUT2D eigenvalue weighted by Gasteiger charge is 2.39. The third kappa shape index (κ3) is 7.79. The maximum Gasteiger partial charge on any atom is 0.255 e. The van der Waals surface area contributed by atoms with Crippen LogP contribution in [0.1, 0.15) is 54.6 Å². The summed E-state index contributed by atoms with van der Waals surface area (Å²) in [4.78, 5) is 47.0. The molecule has 2 amide bonds. The van der Waals surface area contributed by atoms with Gasteiger partial charge in [0.1, 0.15) is 35.4 Å². The van der Waals surface area contributed by atoms with Gasteiger partial charge < -0.3 is 35.4 Å². The number of carbonyl (C=O) groups is 2. The van der Waals surface area contributed by atoms with Crippen LogP contribution in [0.5, 0.6) is 11.5 Å². The van der Waals surface area contributed by atoms with E-state index in [1.54, 1.807) is 11.2 Å². The Balaban J connectivity index is 0.664. The Kier molecular flexibility index (Phi) is 10.6.